The lowest BCUT2D eigenvalue weighted by Crippen LogP contribution is -2.47. The van der Waals surface area contributed by atoms with Gasteiger partial charge in [-0.25, -0.2) is 0 Å². The number of fused-ring (bicyclic) bond motifs is 1. The Hall–Kier alpha value is -2.84. The molecule has 0 radical (unpaired) electrons. The van der Waals surface area contributed by atoms with Crippen LogP contribution in [-0.4, -0.2) is 75.5 Å². The van der Waals surface area contributed by atoms with E-state index >= 15 is 0 Å². The molecule has 0 saturated carbocycles. The number of carbonyl (C=O) groups is 1. The number of carbonyl (C=O) groups excluding carboxylic acids is 1. The van der Waals surface area contributed by atoms with E-state index in [1.807, 2.05) is 43.7 Å². The van der Waals surface area contributed by atoms with Crippen LogP contribution in [0.2, 0.25) is 0 Å². The fourth-order valence-corrected chi connectivity index (χ4v) is 3.25. The lowest BCUT2D eigenvalue weighted by Gasteiger charge is -2.31. The molecular formula is C19H23N7O. The van der Waals surface area contributed by atoms with Crippen molar-refractivity contribution in [2.45, 2.75) is 0 Å². The fraction of sp³-hybridized carbons (Fsp3) is 0.368. The van der Waals surface area contributed by atoms with E-state index in [-0.39, 0.29) is 5.91 Å². The second-order valence-corrected chi connectivity index (χ2v) is 7.03. The van der Waals surface area contributed by atoms with E-state index < -0.39 is 0 Å². The van der Waals surface area contributed by atoms with E-state index in [1.54, 1.807) is 4.68 Å². The van der Waals surface area contributed by atoms with Gasteiger partial charge in [-0.05, 0) is 30.8 Å². The zero-order chi connectivity index (χ0) is 18.8. The van der Waals surface area contributed by atoms with Crippen molar-refractivity contribution in [1.29, 1.82) is 0 Å². The number of aromatic nitrogens is 4. The molecule has 0 atom stereocenters. The van der Waals surface area contributed by atoms with Crippen molar-refractivity contribution in [3.63, 3.8) is 0 Å². The Morgan fingerprint density at radius 2 is 1.89 bits per heavy atom. The van der Waals surface area contributed by atoms with Crippen molar-refractivity contribution in [2.24, 2.45) is 7.05 Å². The average Bonchev–Trinajstić information content (AvgIpc) is 3.09. The number of likely N-dealkylation sites (N-methyl/N-ethyl adjacent to an activating group) is 1. The number of rotatable bonds is 4. The summed E-state index contributed by atoms with van der Waals surface area (Å²) in [6.07, 6.45) is 3.79. The van der Waals surface area contributed by atoms with Crippen LogP contribution >= 0.6 is 0 Å². The summed E-state index contributed by atoms with van der Waals surface area (Å²) in [4.78, 5) is 16.8. The molecule has 1 fully saturated rings. The van der Waals surface area contributed by atoms with Gasteiger partial charge in [-0.15, -0.1) is 10.2 Å². The van der Waals surface area contributed by atoms with E-state index in [2.05, 4.69) is 37.5 Å². The highest BCUT2D eigenvalue weighted by Crippen LogP contribution is 2.24. The minimum absolute atomic E-state index is 0.0587. The highest BCUT2D eigenvalue weighted by atomic mass is 16.2. The van der Waals surface area contributed by atoms with Gasteiger partial charge in [0.2, 0.25) is 5.91 Å². The fourth-order valence-electron chi connectivity index (χ4n) is 3.25. The summed E-state index contributed by atoms with van der Waals surface area (Å²) in [6, 6.07) is 7.83. The van der Waals surface area contributed by atoms with Crippen molar-refractivity contribution < 1.29 is 4.79 Å². The molecule has 1 aliphatic heterocycles. The molecule has 1 N–H and O–H groups in total. The molecule has 2 aromatic heterocycles. The van der Waals surface area contributed by atoms with Crippen LogP contribution < -0.4 is 5.32 Å². The zero-order valence-corrected chi connectivity index (χ0v) is 15.6. The van der Waals surface area contributed by atoms with Crippen molar-refractivity contribution in [1.82, 2.24) is 29.8 Å². The Bertz CT molecular complexity index is 960. The maximum atomic E-state index is 12.3. The monoisotopic (exact) mass is 365 g/mol. The molecule has 27 heavy (non-hydrogen) atoms. The van der Waals surface area contributed by atoms with E-state index in [0.29, 0.717) is 12.4 Å². The van der Waals surface area contributed by atoms with Crippen molar-refractivity contribution in [3.8, 4) is 11.1 Å². The highest BCUT2D eigenvalue weighted by Gasteiger charge is 2.17. The minimum Gasteiger partial charge on any atom is -0.308 e. The first-order chi connectivity index (χ1) is 13.1. The summed E-state index contributed by atoms with van der Waals surface area (Å²) in [5.41, 5.74) is 2.88. The third kappa shape index (κ3) is 4.12. The Morgan fingerprint density at radius 3 is 2.63 bits per heavy atom. The van der Waals surface area contributed by atoms with Gasteiger partial charge in [0.25, 0.3) is 0 Å². The van der Waals surface area contributed by atoms with Crippen molar-refractivity contribution >= 4 is 22.6 Å². The van der Waals surface area contributed by atoms with Crippen LogP contribution in [0, 0.1) is 0 Å². The molecule has 140 valence electrons. The summed E-state index contributed by atoms with van der Waals surface area (Å²) < 4.78 is 1.77. The first-order valence-corrected chi connectivity index (χ1v) is 9.04. The maximum Gasteiger partial charge on any atom is 0.239 e. The Kier molecular flexibility index (Phi) is 4.83. The molecule has 1 aliphatic rings. The maximum absolute atomic E-state index is 12.3. The van der Waals surface area contributed by atoms with Crippen LogP contribution in [0.3, 0.4) is 0 Å². The van der Waals surface area contributed by atoms with Gasteiger partial charge in [-0.3, -0.25) is 14.4 Å². The molecular weight excluding hydrogens is 342 g/mol. The topological polar surface area (TPSA) is 79.2 Å². The van der Waals surface area contributed by atoms with Crippen molar-refractivity contribution in [2.75, 3.05) is 45.1 Å². The predicted octanol–water partition coefficient (Wildman–Crippen LogP) is 1.22. The summed E-state index contributed by atoms with van der Waals surface area (Å²) in [7, 11) is 3.99. The van der Waals surface area contributed by atoms with E-state index in [4.69, 9.17) is 0 Å². The number of nitrogens with one attached hydrogen (secondary N) is 1. The van der Waals surface area contributed by atoms with Gasteiger partial charge < -0.3 is 10.2 Å². The molecule has 3 aromatic rings. The standard InChI is InChI=1S/C19H23N7O/c1-24-5-7-26(8-6-24)13-19(27)21-18-10-15-9-14(3-4-17(15)22-23-18)16-11-20-25(2)12-16/h3-4,9-12H,5-8,13H2,1-2H3,(H,21,23,27). The number of benzene rings is 1. The Morgan fingerprint density at radius 1 is 1.07 bits per heavy atom. The molecule has 4 rings (SSSR count). The van der Waals surface area contributed by atoms with E-state index in [0.717, 1.165) is 48.2 Å². The molecule has 8 nitrogen and oxygen atoms in total. The van der Waals surface area contributed by atoms with Crippen LogP contribution in [0.1, 0.15) is 0 Å². The first kappa shape index (κ1) is 17.6. The smallest absolute Gasteiger partial charge is 0.239 e. The van der Waals surface area contributed by atoms with Crippen LogP contribution in [-0.2, 0) is 11.8 Å². The van der Waals surface area contributed by atoms with Gasteiger partial charge in [-0.2, -0.15) is 5.10 Å². The van der Waals surface area contributed by atoms with E-state index in [9.17, 15) is 4.79 Å². The lowest BCUT2D eigenvalue weighted by atomic mass is 10.1. The normalized spacial score (nSPS) is 15.9. The summed E-state index contributed by atoms with van der Waals surface area (Å²) in [5, 5.41) is 16.4. The number of hydrogen-bond donors (Lipinski definition) is 1. The first-order valence-electron chi connectivity index (χ1n) is 9.04. The highest BCUT2D eigenvalue weighted by molar-refractivity contribution is 5.93. The van der Waals surface area contributed by atoms with Crippen LogP contribution in [0.25, 0.3) is 22.0 Å². The second-order valence-electron chi connectivity index (χ2n) is 7.03. The summed E-state index contributed by atoms with van der Waals surface area (Å²) in [6.45, 7) is 4.16. The number of anilines is 1. The predicted molar refractivity (Wildman–Crippen MR) is 104 cm³/mol. The number of amides is 1. The molecule has 0 bridgehead atoms. The minimum atomic E-state index is -0.0587. The molecule has 1 saturated heterocycles. The molecule has 0 spiro atoms. The summed E-state index contributed by atoms with van der Waals surface area (Å²) >= 11 is 0. The SMILES string of the molecule is CN1CCN(CC(=O)Nc2cc3cc(-c4cnn(C)c4)ccc3nn2)CC1. The number of nitrogens with zero attached hydrogens (tertiary/aromatic N) is 6. The lowest BCUT2D eigenvalue weighted by molar-refractivity contribution is -0.117. The third-order valence-electron chi connectivity index (χ3n) is 4.85. The number of hydrogen-bond acceptors (Lipinski definition) is 6. The Labute approximate surface area is 157 Å². The van der Waals surface area contributed by atoms with Gasteiger partial charge in [0, 0.05) is 50.4 Å². The van der Waals surface area contributed by atoms with Gasteiger partial charge >= 0.3 is 0 Å². The molecule has 0 aliphatic carbocycles. The van der Waals surface area contributed by atoms with Crippen LogP contribution in [0.4, 0.5) is 5.82 Å². The van der Waals surface area contributed by atoms with Gasteiger partial charge in [-0.1, -0.05) is 6.07 Å². The van der Waals surface area contributed by atoms with Gasteiger partial charge in [0.15, 0.2) is 5.82 Å². The molecule has 1 aromatic carbocycles. The van der Waals surface area contributed by atoms with Gasteiger partial charge in [0.05, 0.1) is 18.3 Å². The quantitative estimate of drug-likeness (QED) is 0.749. The zero-order valence-electron chi connectivity index (χ0n) is 15.6. The average molecular weight is 365 g/mol. The van der Waals surface area contributed by atoms with Crippen molar-refractivity contribution in [3.05, 3.63) is 36.7 Å². The molecule has 0 unspecified atom stereocenters. The van der Waals surface area contributed by atoms with Crippen LogP contribution in [0.5, 0.6) is 0 Å². The number of aryl methyl sites for hydroxylation is 1. The number of piperazine rings is 1. The third-order valence-corrected chi connectivity index (χ3v) is 4.85. The van der Waals surface area contributed by atoms with Crippen LogP contribution in [0.15, 0.2) is 36.7 Å². The largest absolute Gasteiger partial charge is 0.308 e. The molecule has 8 heteroatoms. The Balaban J connectivity index is 1.48. The second kappa shape index (κ2) is 7.42. The van der Waals surface area contributed by atoms with E-state index in [1.165, 1.54) is 0 Å². The summed E-state index contributed by atoms with van der Waals surface area (Å²) in [5.74, 6) is 0.418. The molecule has 1 amide bonds. The van der Waals surface area contributed by atoms with Gasteiger partial charge in [0.1, 0.15) is 0 Å². The molecule has 3 heterocycles.